The molecule has 0 amide bonds. The third kappa shape index (κ3) is 4.02. The van der Waals surface area contributed by atoms with Crippen LogP contribution in [0.15, 0.2) is 47.5 Å². The van der Waals surface area contributed by atoms with E-state index in [9.17, 15) is 9.90 Å². The molecule has 162 valence electrons. The summed E-state index contributed by atoms with van der Waals surface area (Å²) in [5, 5.41) is 14.1. The van der Waals surface area contributed by atoms with E-state index in [0.717, 1.165) is 49.4 Å². The van der Waals surface area contributed by atoms with Gasteiger partial charge in [0.15, 0.2) is 5.75 Å². The number of nitrogens with one attached hydrogen (secondary N) is 1. The predicted molar refractivity (Wildman–Crippen MR) is 121 cm³/mol. The molecule has 2 heterocycles. The van der Waals surface area contributed by atoms with Gasteiger partial charge in [-0.1, -0.05) is 36.6 Å². The summed E-state index contributed by atoms with van der Waals surface area (Å²) in [5.74, 6) is 1.36. The van der Waals surface area contributed by atoms with Crippen LogP contribution in [0.25, 0.3) is 0 Å². The van der Waals surface area contributed by atoms with Gasteiger partial charge in [-0.3, -0.25) is 4.79 Å². The average molecular weight is 440 g/mol. The number of hydrogen-bond acceptors (Lipinski definition) is 5. The number of nitrogens with zero attached hydrogens (tertiary/aromatic N) is 2. The van der Waals surface area contributed by atoms with Gasteiger partial charge in [-0.15, -0.1) is 0 Å². The number of amidine groups is 1. The molecule has 0 radical (unpaired) electrons. The highest BCUT2D eigenvalue weighted by Gasteiger charge is 2.39. The molecule has 31 heavy (non-hydrogen) atoms. The van der Waals surface area contributed by atoms with E-state index in [4.69, 9.17) is 21.3 Å². The Labute approximate surface area is 186 Å². The number of para-hydroxylation sites is 1. The van der Waals surface area contributed by atoms with Crippen molar-refractivity contribution in [1.29, 1.82) is 0 Å². The Kier molecular flexibility index (Phi) is 5.59. The van der Waals surface area contributed by atoms with Crippen LogP contribution in [0.3, 0.4) is 0 Å². The molecule has 2 fully saturated rings. The van der Waals surface area contributed by atoms with Crippen LogP contribution >= 0.6 is 11.6 Å². The zero-order chi connectivity index (χ0) is 21.4. The molecule has 1 saturated carbocycles. The molecule has 5 rings (SSSR count). The van der Waals surface area contributed by atoms with Crippen LogP contribution in [-0.4, -0.2) is 47.5 Å². The van der Waals surface area contributed by atoms with Crippen molar-refractivity contribution in [2.24, 2.45) is 16.8 Å². The zero-order valence-electron chi connectivity index (χ0n) is 17.3. The number of carbonyl (C=O) groups is 1. The quantitative estimate of drug-likeness (QED) is 0.725. The Bertz CT molecular complexity index is 1020. The van der Waals surface area contributed by atoms with Gasteiger partial charge >= 0.3 is 5.97 Å². The van der Waals surface area contributed by atoms with Crippen LogP contribution in [-0.2, 0) is 4.79 Å². The second kappa shape index (κ2) is 8.52. The number of halogens is 1. The number of aliphatic imine (C=N–C) groups is 1. The first kappa shape index (κ1) is 20.3. The lowest BCUT2D eigenvalue weighted by atomic mass is 9.83. The van der Waals surface area contributed by atoms with Crippen LogP contribution in [0, 0.1) is 11.8 Å². The van der Waals surface area contributed by atoms with E-state index in [1.807, 2.05) is 30.3 Å². The van der Waals surface area contributed by atoms with Gasteiger partial charge in [0, 0.05) is 30.7 Å². The number of carboxylic acid groups (broad SMARTS) is 1. The van der Waals surface area contributed by atoms with Crippen molar-refractivity contribution < 1.29 is 14.6 Å². The molecule has 2 N–H and O–H groups in total. The van der Waals surface area contributed by atoms with Crippen molar-refractivity contribution in [3.05, 3.63) is 53.1 Å². The molecule has 3 aliphatic rings. The second-order valence-corrected chi connectivity index (χ2v) is 9.00. The van der Waals surface area contributed by atoms with Gasteiger partial charge in [0.1, 0.15) is 17.3 Å². The molecule has 1 saturated heterocycles. The summed E-state index contributed by atoms with van der Waals surface area (Å²) in [4.78, 5) is 19.4. The van der Waals surface area contributed by atoms with E-state index in [0.29, 0.717) is 29.5 Å². The maximum absolute atomic E-state index is 12.2. The van der Waals surface area contributed by atoms with E-state index in [1.165, 1.54) is 0 Å². The Morgan fingerprint density at radius 1 is 1.19 bits per heavy atom. The number of benzene rings is 2. The number of piperazine rings is 1. The highest BCUT2D eigenvalue weighted by atomic mass is 35.5. The van der Waals surface area contributed by atoms with Gasteiger partial charge in [0.25, 0.3) is 0 Å². The molecule has 2 aliphatic heterocycles. The van der Waals surface area contributed by atoms with Gasteiger partial charge in [-0.05, 0) is 49.1 Å². The Hall–Kier alpha value is -2.57. The first-order chi connectivity index (χ1) is 15.1. The van der Waals surface area contributed by atoms with Gasteiger partial charge in [-0.25, -0.2) is 4.99 Å². The smallest absolute Gasteiger partial charge is 0.308 e. The van der Waals surface area contributed by atoms with Gasteiger partial charge in [-0.2, -0.15) is 0 Å². The minimum absolute atomic E-state index is 0.118. The lowest BCUT2D eigenvalue weighted by Gasteiger charge is -2.39. The minimum Gasteiger partial charge on any atom is -0.481 e. The van der Waals surface area contributed by atoms with E-state index in [1.54, 1.807) is 12.1 Å². The molecule has 1 unspecified atom stereocenters. The maximum Gasteiger partial charge on any atom is 0.308 e. The van der Waals surface area contributed by atoms with Crippen LogP contribution in [0.2, 0.25) is 5.02 Å². The summed E-state index contributed by atoms with van der Waals surface area (Å²) in [5.41, 5.74) is 1.59. The number of ether oxygens (including phenoxy) is 1. The van der Waals surface area contributed by atoms with Crippen LogP contribution in [0.4, 0.5) is 5.69 Å². The van der Waals surface area contributed by atoms with E-state index in [-0.39, 0.29) is 17.9 Å². The van der Waals surface area contributed by atoms with Crippen molar-refractivity contribution >= 4 is 29.1 Å². The second-order valence-electron chi connectivity index (χ2n) is 8.56. The van der Waals surface area contributed by atoms with E-state index >= 15 is 0 Å². The van der Waals surface area contributed by atoms with E-state index < -0.39 is 5.97 Å². The molecule has 6 nitrogen and oxygen atoms in total. The summed E-state index contributed by atoms with van der Waals surface area (Å²) in [6.45, 7) is 2.05. The first-order valence-corrected chi connectivity index (χ1v) is 11.3. The molecule has 0 bridgehead atoms. The van der Waals surface area contributed by atoms with Gasteiger partial charge in [0.05, 0.1) is 11.5 Å². The molecular weight excluding hydrogens is 414 g/mol. The lowest BCUT2D eigenvalue weighted by molar-refractivity contribution is -0.145. The largest absolute Gasteiger partial charge is 0.481 e. The van der Waals surface area contributed by atoms with Crippen molar-refractivity contribution in [3.8, 4) is 11.5 Å². The summed E-state index contributed by atoms with van der Waals surface area (Å²) in [6.07, 6.45) is 4.25. The fourth-order valence-corrected chi connectivity index (χ4v) is 5.33. The Morgan fingerprint density at radius 3 is 2.81 bits per heavy atom. The standard InChI is InChI=1S/C24H26ClN3O3/c25-16-9-10-21-18(13-16)27-23(17-7-3-4-8-20(17)31-21)28-12-11-26-19(14-28)22(24(29)30)15-5-1-2-6-15/h3-4,7-10,13,15,19,22,26H,1-2,5-6,11-12,14H2,(H,29,30)/t19?,22-/m0/s1. The molecule has 7 heteroatoms. The lowest BCUT2D eigenvalue weighted by Crippen LogP contribution is -2.58. The summed E-state index contributed by atoms with van der Waals surface area (Å²) in [6, 6.07) is 13.2. The monoisotopic (exact) mass is 439 g/mol. The molecule has 0 spiro atoms. The molecule has 1 aliphatic carbocycles. The first-order valence-electron chi connectivity index (χ1n) is 11.0. The molecule has 2 aromatic carbocycles. The third-order valence-electron chi connectivity index (χ3n) is 6.63. The molecule has 2 atom stereocenters. The average Bonchev–Trinajstić information content (AvgIpc) is 3.22. The SMILES string of the molecule is O=C(O)[C@@H](C1CCCC1)C1CN(C2=Nc3cc(Cl)ccc3Oc3ccccc32)CCN1. The Balaban J connectivity index is 1.51. The fourth-order valence-electron chi connectivity index (χ4n) is 5.17. The number of carboxylic acids is 1. The molecule has 0 aromatic heterocycles. The van der Waals surface area contributed by atoms with Gasteiger partial charge in [0.2, 0.25) is 0 Å². The number of rotatable bonds is 3. The summed E-state index contributed by atoms with van der Waals surface area (Å²) >= 11 is 6.23. The minimum atomic E-state index is -0.699. The number of hydrogen-bond donors (Lipinski definition) is 2. The Morgan fingerprint density at radius 2 is 2.00 bits per heavy atom. The van der Waals surface area contributed by atoms with Crippen LogP contribution in [0.5, 0.6) is 11.5 Å². The van der Waals surface area contributed by atoms with E-state index in [2.05, 4.69) is 10.2 Å². The van der Waals surface area contributed by atoms with Crippen molar-refractivity contribution in [3.63, 3.8) is 0 Å². The van der Waals surface area contributed by atoms with Crippen LogP contribution < -0.4 is 10.1 Å². The topological polar surface area (TPSA) is 74.2 Å². The molecular formula is C24H26ClN3O3. The fraction of sp³-hybridized carbons (Fsp3) is 0.417. The summed E-state index contributed by atoms with van der Waals surface area (Å²) < 4.78 is 6.16. The van der Waals surface area contributed by atoms with Gasteiger partial charge < -0.3 is 20.1 Å². The zero-order valence-corrected chi connectivity index (χ0v) is 18.0. The number of aliphatic carboxylic acids is 1. The van der Waals surface area contributed by atoms with Crippen molar-refractivity contribution in [2.45, 2.75) is 31.7 Å². The normalized spacial score (nSPS) is 22.0. The number of fused-ring (bicyclic) bond motifs is 2. The van der Waals surface area contributed by atoms with Crippen molar-refractivity contribution in [2.75, 3.05) is 19.6 Å². The third-order valence-corrected chi connectivity index (χ3v) is 6.86. The summed E-state index contributed by atoms with van der Waals surface area (Å²) in [7, 11) is 0. The maximum atomic E-state index is 12.2. The molecule has 2 aromatic rings. The predicted octanol–water partition coefficient (Wildman–Crippen LogP) is 4.69. The highest BCUT2D eigenvalue weighted by Crippen LogP contribution is 2.40. The highest BCUT2D eigenvalue weighted by molar-refractivity contribution is 6.31. The van der Waals surface area contributed by atoms with Crippen LogP contribution in [0.1, 0.15) is 31.2 Å². The van der Waals surface area contributed by atoms with Crippen molar-refractivity contribution in [1.82, 2.24) is 10.2 Å².